The third kappa shape index (κ3) is 3.58. The van der Waals surface area contributed by atoms with Crippen molar-refractivity contribution in [3.05, 3.63) is 12.7 Å². The van der Waals surface area contributed by atoms with Gasteiger partial charge in [-0.1, -0.05) is 64.2 Å². The standard InChI is InChI=1S/C12H26OSi/c1-5-9-14(10-6-2,11-7-3)12(13)8-4/h8,12-13H,4-7,9-11H2,1-3H3/t12-/m0/s1. The summed E-state index contributed by atoms with van der Waals surface area (Å²) in [6, 6.07) is 3.76. The fourth-order valence-electron chi connectivity index (χ4n) is 2.56. The molecule has 0 bridgehead atoms. The molecule has 0 saturated carbocycles. The summed E-state index contributed by atoms with van der Waals surface area (Å²) in [5, 5.41) is 10.1. The first-order valence-electron chi connectivity index (χ1n) is 5.97. The third-order valence-electron chi connectivity index (χ3n) is 3.09. The van der Waals surface area contributed by atoms with Gasteiger partial charge in [-0.2, -0.15) is 0 Å². The van der Waals surface area contributed by atoms with Crippen LogP contribution >= 0.6 is 0 Å². The summed E-state index contributed by atoms with van der Waals surface area (Å²) in [6.45, 7) is 10.4. The average molecular weight is 214 g/mol. The second-order valence-electron chi connectivity index (χ2n) is 4.29. The fourth-order valence-corrected chi connectivity index (χ4v) is 7.69. The molecule has 0 spiro atoms. The molecule has 0 amide bonds. The van der Waals surface area contributed by atoms with Gasteiger partial charge in [-0.3, -0.25) is 0 Å². The lowest BCUT2D eigenvalue weighted by Gasteiger charge is -2.34. The van der Waals surface area contributed by atoms with Crippen LogP contribution in [0.25, 0.3) is 0 Å². The van der Waals surface area contributed by atoms with E-state index in [1.807, 2.05) is 0 Å². The number of hydrogen-bond donors (Lipinski definition) is 1. The topological polar surface area (TPSA) is 20.2 Å². The van der Waals surface area contributed by atoms with E-state index in [1.54, 1.807) is 6.08 Å². The van der Waals surface area contributed by atoms with E-state index < -0.39 is 8.07 Å². The maximum absolute atomic E-state index is 10.1. The molecule has 0 fully saturated rings. The van der Waals surface area contributed by atoms with Crippen molar-refractivity contribution in [2.45, 2.75) is 63.9 Å². The monoisotopic (exact) mass is 214 g/mol. The molecule has 0 radical (unpaired) electrons. The molecule has 1 N–H and O–H groups in total. The highest BCUT2D eigenvalue weighted by Gasteiger charge is 2.36. The van der Waals surface area contributed by atoms with E-state index in [-0.39, 0.29) is 5.73 Å². The first-order chi connectivity index (χ1) is 6.66. The molecule has 14 heavy (non-hydrogen) atoms. The van der Waals surface area contributed by atoms with Crippen molar-refractivity contribution in [1.29, 1.82) is 0 Å². The Balaban J connectivity index is 4.61. The van der Waals surface area contributed by atoms with E-state index in [1.165, 1.54) is 37.4 Å². The summed E-state index contributed by atoms with van der Waals surface area (Å²) in [5.41, 5.74) is -0.192. The zero-order valence-electron chi connectivity index (χ0n) is 10.1. The number of hydrogen-bond acceptors (Lipinski definition) is 1. The molecule has 0 rings (SSSR count). The summed E-state index contributed by atoms with van der Waals surface area (Å²) >= 11 is 0. The summed E-state index contributed by atoms with van der Waals surface area (Å²) < 4.78 is 0. The van der Waals surface area contributed by atoms with Gasteiger partial charge in [0, 0.05) is 0 Å². The fraction of sp³-hybridized carbons (Fsp3) is 0.833. The minimum Gasteiger partial charge on any atom is -0.393 e. The van der Waals surface area contributed by atoms with Crippen molar-refractivity contribution in [3.8, 4) is 0 Å². The van der Waals surface area contributed by atoms with Crippen LogP contribution < -0.4 is 0 Å². The van der Waals surface area contributed by atoms with Gasteiger partial charge in [-0.05, 0) is 0 Å². The molecule has 0 unspecified atom stereocenters. The summed E-state index contributed by atoms with van der Waals surface area (Å²) in [6.07, 6.45) is 5.39. The minimum atomic E-state index is -1.46. The van der Waals surface area contributed by atoms with E-state index in [0.29, 0.717) is 0 Å². The van der Waals surface area contributed by atoms with Crippen LogP contribution in [-0.4, -0.2) is 18.9 Å². The van der Waals surface area contributed by atoms with Crippen molar-refractivity contribution >= 4 is 8.07 Å². The lowest BCUT2D eigenvalue weighted by Crippen LogP contribution is -2.46. The highest BCUT2D eigenvalue weighted by Crippen LogP contribution is 2.29. The van der Waals surface area contributed by atoms with Gasteiger partial charge in [-0.25, -0.2) is 0 Å². The van der Waals surface area contributed by atoms with E-state index in [2.05, 4.69) is 27.4 Å². The van der Waals surface area contributed by atoms with Crippen molar-refractivity contribution < 1.29 is 5.11 Å². The molecule has 1 atom stereocenters. The molecule has 0 saturated heterocycles. The highest BCUT2D eigenvalue weighted by molar-refractivity contribution is 6.81. The quantitative estimate of drug-likeness (QED) is 0.482. The van der Waals surface area contributed by atoms with Crippen LogP contribution in [-0.2, 0) is 0 Å². The van der Waals surface area contributed by atoms with Crippen molar-refractivity contribution in [2.24, 2.45) is 0 Å². The normalized spacial score (nSPS) is 14.0. The van der Waals surface area contributed by atoms with Crippen LogP contribution in [0.2, 0.25) is 18.1 Å². The van der Waals surface area contributed by atoms with Crippen LogP contribution in [0.4, 0.5) is 0 Å². The molecule has 0 aromatic carbocycles. The van der Waals surface area contributed by atoms with E-state index in [9.17, 15) is 5.11 Å². The van der Waals surface area contributed by atoms with Crippen molar-refractivity contribution in [3.63, 3.8) is 0 Å². The van der Waals surface area contributed by atoms with Gasteiger partial charge in [0.15, 0.2) is 0 Å². The Kier molecular flexibility index (Phi) is 7.20. The van der Waals surface area contributed by atoms with E-state index in [4.69, 9.17) is 0 Å². The lowest BCUT2D eigenvalue weighted by atomic mass is 10.5. The highest BCUT2D eigenvalue weighted by atomic mass is 28.3. The van der Waals surface area contributed by atoms with Gasteiger partial charge in [0.2, 0.25) is 0 Å². The Labute approximate surface area is 90.2 Å². The zero-order valence-corrected chi connectivity index (χ0v) is 11.1. The molecular formula is C12H26OSi. The molecule has 0 aromatic rings. The molecular weight excluding hydrogens is 188 g/mol. The van der Waals surface area contributed by atoms with E-state index >= 15 is 0 Å². The van der Waals surface area contributed by atoms with Crippen molar-refractivity contribution in [1.82, 2.24) is 0 Å². The second kappa shape index (κ2) is 7.24. The Hall–Kier alpha value is -0.0831. The van der Waals surface area contributed by atoms with Crippen LogP contribution in [0, 0.1) is 0 Å². The van der Waals surface area contributed by atoms with E-state index in [0.717, 1.165) is 0 Å². The summed E-state index contributed by atoms with van der Waals surface area (Å²) in [7, 11) is -1.46. The second-order valence-corrected chi connectivity index (χ2v) is 9.11. The number of aliphatic hydroxyl groups is 1. The predicted octanol–water partition coefficient (Wildman–Crippen LogP) is 3.75. The van der Waals surface area contributed by atoms with Crippen LogP contribution in [0.15, 0.2) is 12.7 Å². The van der Waals surface area contributed by atoms with Gasteiger partial charge in [0.25, 0.3) is 0 Å². The van der Waals surface area contributed by atoms with Crippen LogP contribution in [0.1, 0.15) is 40.0 Å². The van der Waals surface area contributed by atoms with Gasteiger partial charge in [0.1, 0.15) is 0 Å². The Morgan fingerprint density at radius 3 is 1.64 bits per heavy atom. The SMILES string of the molecule is C=C[C@@H](O)[Si](CCC)(CCC)CCC. The Morgan fingerprint density at radius 1 is 1.07 bits per heavy atom. The predicted molar refractivity (Wildman–Crippen MR) is 67.3 cm³/mol. The molecule has 0 aromatic heterocycles. The largest absolute Gasteiger partial charge is 0.393 e. The third-order valence-corrected chi connectivity index (χ3v) is 9.07. The van der Waals surface area contributed by atoms with Gasteiger partial charge in [-0.15, -0.1) is 6.58 Å². The summed E-state index contributed by atoms with van der Waals surface area (Å²) in [5.74, 6) is 0. The zero-order chi connectivity index (χ0) is 11.0. The first kappa shape index (κ1) is 13.9. The average Bonchev–Trinajstić information content (AvgIpc) is 2.17. The smallest absolute Gasteiger partial charge is 0.0921 e. The van der Waals surface area contributed by atoms with Gasteiger partial charge >= 0.3 is 0 Å². The Bertz CT molecular complexity index is 139. The minimum absolute atomic E-state index is 0.192. The molecule has 84 valence electrons. The maximum atomic E-state index is 10.1. The molecule has 1 nitrogen and oxygen atoms in total. The molecule has 0 heterocycles. The van der Waals surface area contributed by atoms with Crippen molar-refractivity contribution in [2.75, 3.05) is 0 Å². The van der Waals surface area contributed by atoms with Gasteiger partial charge in [0.05, 0.1) is 13.8 Å². The number of aliphatic hydroxyl groups excluding tert-OH is 1. The van der Waals surface area contributed by atoms with Gasteiger partial charge < -0.3 is 5.11 Å². The maximum Gasteiger partial charge on any atom is 0.0921 e. The molecule has 0 aliphatic heterocycles. The molecule has 0 aliphatic carbocycles. The molecule has 2 heteroatoms. The number of rotatable bonds is 8. The van der Waals surface area contributed by atoms with Crippen LogP contribution in [0.3, 0.4) is 0 Å². The lowest BCUT2D eigenvalue weighted by molar-refractivity contribution is 0.286. The molecule has 0 aliphatic rings. The van der Waals surface area contributed by atoms with Crippen LogP contribution in [0.5, 0.6) is 0 Å². The first-order valence-corrected chi connectivity index (χ1v) is 8.67. The summed E-state index contributed by atoms with van der Waals surface area (Å²) in [4.78, 5) is 0. The Morgan fingerprint density at radius 2 is 1.43 bits per heavy atom.